The van der Waals surface area contributed by atoms with Gasteiger partial charge in [0.1, 0.15) is 0 Å². The molecule has 1 aromatic heterocycles. The second-order valence-electron chi connectivity index (χ2n) is 2.68. The molecule has 12 heavy (non-hydrogen) atoms. The Morgan fingerprint density at radius 1 is 1.67 bits per heavy atom. The molecule has 0 amide bonds. The monoisotopic (exact) mass is 247 g/mol. The number of halogens is 2. The highest BCUT2D eigenvalue weighted by molar-refractivity contribution is 9.09. The standard InChI is InChI=1S/C9H11BrClN/c1-2-8(10)5-7-3-4-12-6-9(7)11/h3-4,6,8H,2,5H2,1H3. The molecule has 1 atom stereocenters. The van der Waals surface area contributed by atoms with Crippen molar-refractivity contribution in [2.75, 3.05) is 0 Å². The molecule has 1 aromatic rings. The molecule has 1 unspecified atom stereocenters. The lowest BCUT2D eigenvalue weighted by Crippen LogP contribution is -2.01. The fraction of sp³-hybridized carbons (Fsp3) is 0.444. The van der Waals surface area contributed by atoms with Gasteiger partial charge < -0.3 is 0 Å². The molecule has 0 aliphatic heterocycles. The molecule has 0 N–H and O–H groups in total. The maximum absolute atomic E-state index is 5.94. The van der Waals surface area contributed by atoms with E-state index in [0.717, 1.165) is 23.4 Å². The van der Waals surface area contributed by atoms with Crippen LogP contribution in [0.4, 0.5) is 0 Å². The molecular weight excluding hydrogens is 237 g/mol. The first-order valence-electron chi connectivity index (χ1n) is 3.96. The van der Waals surface area contributed by atoms with Crippen molar-refractivity contribution in [3.05, 3.63) is 29.0 Å². The predicted molar refractivity (Wildman–Crippen MR) is 56.0 cm³/mol. The van der Waals surface area contributed by atoms with Crippen LogP contribution in [0.25, 0.3) is 0 Å². The van der Waals surface area contributed by atoms with Crippen LogP contribution in [0, 0.1) is 0 Å². The number of hydrogen-bond donors (Lipinski definition) is 0. The lowest BCUT2D eigenvalue weighted by atomic mass is 10.1. The molecule has 0 spiro atoms. The molecule has 0 aliphatic carbocycles. The Kier molecular flexibility index (Phi) is 4.02. The second kappa shape index (κ2) is 4.83. The van der Waals surface area contributed by atoms with Crippen LogP contribution in [0.3, 0.4) is 0 Å². The Labute approximate surface area is 86.3 Å². The minimum absolute atomic E-state index is 0.511. The van der Waals surface area contributed by atoms with Crippen molar-refractivity contribution in [1.82, 2.24) is 4.98 Å². The number of aromatic nitrogens is 1. The first kappa shape index (κ1) is 10.0. The summed E-state index contributed by atoms with van der Waals surface area (Å²) >= 11 is 9.51. The Morgan fingerprint density at radius 3 is 3.00 bits per heavy atom. The zero-order valence-corrected chi connectivity index (χ0v) is 9.27. The summed E-state index contributed by atoms with van der Waals surface area (Å²) in [4.78, 5) is 4.44. The van der Waals surface area contributed by atoms with Gasteiger partial charge in [-0.15, -0.1) is 0 Å². The van der Waals surface area contributed by atoms with Crippen molar-refractivity contribution in [1.29, 1.82) is 0 Å². The normalized spacial score (nSPS) is 12.9. The summed E-state index contributed by atoms with van der Waals surface area (Å²) in [6, 6.07) is 1.96. The summed E-state index contributed by atoms with van der Waals surface area (Å²) in [5.41, 5.74) is 1.16. The molecule has 0 fully saturated rings. The van der Waals surface area contributed by atoms with Crippen LogP contribution in [-0.2, 0) is 6.42 Å². The first-order chi connectivity index (χ1) is 5.74. The topological polar surface area (TPSA) is 12.9 Å². The van der Waals surface area contributed by atoms with Crippen molar-refractivity contribution in [2.24, 2.45) is 0 Å². The highest BCUT2D eigenvalue weighted by Gasteiger charge is 2.05. The minimum atomic E-state index is 0.511. The molecular formula is C9H11BrClN. The van der Waals surface area contributed by atoms with Crippen molar-refractivity contribution < 1.29 is 0 Å². The van der Waals surface area contributed by atoms with E-state index in [0.29, 0.717) is 4.83 Å². The average Bonchev–Trinajstić information content (AvgIpc) is 2.09. The van der Waals surface area contributed by atoms with Crippen molar-refractivity contribution in [3.63, 3.8) is 0 Å². The van der Waals surface area contributed by atoms with Gasteiger partial charge in [0.05, 0.1) is 5.02 Å². The minimum Gasteiger partial charge on any atom is -0.263 e. The first-order valence-corrected chi connectivity index (χ1v) is 5.26. The Bertz CT molecular complexity index is 252. The van der Waals surface area contributed by atoms with Crippen molar-refractivity contribution >= 4 is 27.5 Å². The van der Waals surface area contributed by atoms with Gasteiger partial charge in [0.15, 0.2) is 0 Å². The van der Waals surface area contributed by atoms with Crippen LogP contribution in [0.2, 0.25) is 5.02 Å². The van der Waals surface area contributed by atoms with Crippen LogP contribution in [-0.4, -0.2) is 9.81 Å². The molecule has 0 bridgehead atoms. The van der Waals surface area contributed by atoms with Crippen molar-refractivity contribution in [2.45, 2.75) is 24.6 Å². The van der Waals surface area contributed by atoms with Crippen LogP contribution < -0.4 is 0 Å². The molecule has 0 radical (unpaired) electrons. The second-order valence-corrected chi connectivity index (χ2v) is 4.38. The summed E-state index contributed by atoms with van der Waals surface area (Å²) < 4.78 is 0. The fourth-order valence-corrected chi connectivity index (χ4v) is 1.50. The summed E-state index contributed by atoms with van der Waals surface area (Å²) in [5.74, 6) is 0. The molecule has 1 heterocycles. The van der Waals surface area contributed by atoms with Gasteiger partial charge in [-0.1, -0.05) is 34.5 Å². The Hall–Kier alpha value is -0.0800. The average molecular weight is 249 g/mol. The third-order valence-electron chi connectivity index (χ3n) is 1.74. The summed E-state index contributed by atoms with van der Waals surface area (Å²) in [5, 5.41) is 0.760. The molecule has 0 aliphatic rings. The molecule has 1 rings (SSSR count). The third-order valence-corrected chi connectivity index (χ3v) is 3.05. The van der Waals surface area contributed by atoms with Gasteiger partial charge in [-0.2, -0.15) is 0 Å². The zero-order chi connectivity index (χ0) is 8.97. The van der Waals surface area contributed by atoms with Gasteiger partial charge in [0, 0.05) is 17.2 Å². The van der Waals surface area contributed by atoms with Crippen LogP contribution in [0.1, 0.15) is 18.9 Å². The smallest absolute Gasteiger partial charge is 0.0621 e. The van der Waals surface area contributed by atoms with E-state index in [1.165, 1.54) is 0 Å². The van der Waals surface area contributed by atoms with E-state index >= 15 is 0 Å². The number of pyridine rings is 1. The van der Waals surface area contributed by atoms with E-state index in [2.05, 4.69) is 27.8 Å². The van der Waals surface area contributed by atoms with Gasteiger partial charge in [-0.05, 0) is 24.5 Å². The number of alkyl halides is 1. The van der Waals surface area contributed by atoms with Gasteiger partial charge in [0.2, 0.25) is 0 Å². The summed E-state index contributed by atoms with van der Waals surface area (Å²) in [7, 11) is 0. The number of nitrogens with zero attached hydrogens (tertiary/aromatic N) is 1. The van der Waals surface area contributed by atoms with E-state index in [1.807, 2.05) is 6.07 Å². The van der Waals surface area contributed by atoms with Crippen molar-refractivity contribution in [3.8, 4) is 0 Å². The zero-order valence-electron chi connectivity index (χ0n) is 6.93. The third kappa shape index (κ3) is 2.76. The largest absolute Gasteiger partial charge is 0.263 e. The maximum Gasteiger partial charge on any atom is 0.0621 e. The van der Waals surface area contributed by atoms with Crippen LogP contribution >= 0.6 is 27.5 Å². The molecule has 66 valence electrons. The molecule has 3 heteroatoms. The molecule has 0 saturated heterocycles. The highest BCUT2D eigenvalue weighted by Crippen LogP contribution is 2.19. The van der Waals surface area contributed by atoms with Gasteiger partial charge >= 0.3 is 0 Å². The predicted octanol–water partition coefficient (Wildman–Crippen LogP) is 3.45. The quantitative estimate of drug-likeness (QED) is 0.747. The lowest BCUT2D eigenvalue weighted by molar-refractivity contribution is 0.828. The van der Waals surface area contributed by atoms with Crippen LogP contribution in [0.15, 0.2) is 18.5 Å². The highest BCUT2D eigenvalue weighted by atomic mass is 79.9. The fourth-order valence-electron chi connectivity index (χ4n) is 0.953. The van der Waals surface area contributed by atoms with Gasteiger partial charge in [0.25, 0.3) is 0 Å². The van der Waals surface area contributed by atoms with E-state index in [1.54, 1.807) is 12.4 Å². The molecule has 0 aromatic carbocycles. The number of hydrogen-bond acceptors (Lipinski definition) is 1. The Morgan fingerprint density at radius 2 is 2.42 bits per heavy atom. The molecule has 1 nitrogen and oxygen atoms in total. The van der Waals surface area contributed by atoms with Crippen LogP contribution in [0.5, 0.6) is 0 Å². The summed E-state index contributed by atoms with van der Waals surface area (Å²) in [6.45, 7) is 2.15. The number of rotatable bonds is 3. The van der Waals surface area contributed by atoms with E-state index in [-0.39, 0.29) is 0 Å². The van der Waals surface area contributed by atoms with Gasteiger partial charge in [-0.3, -0.25) is 4.98 Å². The van der Waals surface area contributed by atoms with Gasteiger partial charge in [-0.25, -0.2) is 0 Å². The SMILES string of the molecule is CCC(Br)Cc1ccncc1Cl. The lowest BCUT2D eigenvalue weighted by Gasteiger charge is -2.07. The maximum atomic E-state index is 5.94. The molecule has 0 saturated carbocycles. The van der Waals surface area contributed by atoms with E-state index < -0.39 is 0 Å². The summed E-state index contributed by atoms with van der Waals surface area (Å²) in [6.07, 6.45) is 5.54. The van der Waals surface area contributed by atoms with E-state index in [4.69, 9.17) is 11.6 Å². The van der Waals surface area contributed by atoms with E-state index in [9.17, 15) is 0 Å². The Balaban J connectivity index is 2.69.